The first-order valence-corrected chi connectivity index (χ1v) is 19.0. The van der Waals surface area contributed by atoms with Gasteiger partial charge in [-0.3, -0.25) is 19.4 Å². The molecular formula is C42H59N3O3. The first-order chi connectivity index (χ1) is 22.5. The summed E-state index contributed by atoms with van der Waals surface area (Å²) in [5.74, 6) is 1.03. The van der Waals surface area contributed by atoms with Crippen LogP contribution in [0.4, 0.5) is 0 Å². The Labute approximate surface area is 289 Å². The average Bonchev–Trinajstić information content (AvgIpc) is 3.05. The minimum atomic E-state index is -0.549. The van der Waals surface area contributed by atoms with E-state index in [9.17, 15) is 14.4 Å². The number of rotatable bonds is 3. The fourth-order valence-electron chi connectivity index (χ4n) is 12.7. The number of fused-ring (bicyclic) bond motifs is 7. The molecule has 1 aromatic heterocycles. The van der Waals surface area contributed by atoms with Crippen molar-refractivity contribution in [3.05, 3.63) is 47.3 Å². The Morgan fingerprint density at radius 1 is 0.958 bits per heavy atom. The van der Waals surface area contributed by atoms with E-state index in [1.165, 1.54) is 5.57 Å². The summed E-state index contributed by atoms with van der Waals surface area (Å²) >= 11 is 0. The summed E-state index contributed by atoms with van der Waals surface area (Å²) in [6.07, 6.45) is 15.3. The van der Waals surface area contributed by atoms with Crippen molar-refractivity contribution in [1.82, 2.24) is 14.8 Å². The highest BCUT2D eigenvalue weighted by Gasteiger charge is 2.70. The summed E-state index contributed by atoms with van der Waals surface area (Å²) in [4.78, 5) is 52.2. The number of carbonyl (C=O) groups excluding carboxylic acids is 3. The van der Waals surface area contributed by atoms with Gasteiger partial charge in [0, 0.05) is 55.3 Å². The molecule has 1 aliphatic heterocycles. The summed E-state index contributed by atoms with van der Waals surface area (Å²) in [5, 5.41) is 0. The normalized spacial score (nSPS) is 43.5. The summed E-state index contributed by atoms with van der Waals surface area (Å²) in [5.41, 5.74) is 1.59. The van der Waals surface area contributed by atoms with Crippen molar-refractivity contribution in [2.24, 2.45) is 50.2 Å². The van der Waals surface area contributed by atoms with Crippen molar-refractivity contribution in [2.45, 2.75) is 107 Å². The SMILES string of the molecule is CCN1CCN(C(=O)[C@@]2(C)CC[C@]3(C)CC[C@]4(C)C(=CC(=O)[C@@H]5[C@@]6(C)C/C(=C/c7cccnc7)C(=O)C(C)(C)[C@@H]6CC[C@]54C)[C@@H]3C2)CC1. The van der Waals surface area contributed by atoms with E-state index in [-0.39, 0.29) is 51.0 Å². The van der Waals surface area contributed by atoms with E-state index in [1.807, 2.05) is 24.4 Å². The van der Waals surface area contributed by atoms with Crippen LogP contribution >= 0.6 is 0 Å². The van der Waals surface area contributed by atoms with E-state index in [1.54, 1.807) is 6.20 Å². The lowest BCUT2D eigenvalue weighted by Crippen LogP contribution is -2.66. The monoisotopic (exact) mass is 653 g/mol. The molecular weight excluding hydrogens is 594 g/mol. The molecule has 6 heteroatoms. The number of likely N-dealkylation sites (N-methyl/N-ethyl adjacent to an activating group) is 1. The summed E-state index contributed by atoms with van der Waals surface area (Å²) in [7, 11) is 0. The molecule has 260 valence electrons. The fourth-order valence-corrected chi connectivity index (χ4v) is 12.7. The molecule has 1 amide bonds. The van der Waals surface area contributed by atoms with E-state index < -0.39 is 10.8 Å². The van der Waals surface area contributed by atoms with E-state index in [2.05, 4.69) is 76.2 Å². The van der Waals surface area contributed by atoms with Crippen LogP contribution in [0.1, 0.15) is 112 Å². The number of pyridine rings is 1. The standard InChI is InChI=1S/C42H59N3O3/c1-9-44-19-21-45(22-20-44)36(48)39(5)15-14-38(4)16-17-41(7)30(31(38)26-39)24-32(46)34-40(6)25-29(23-28-11-10-18-43-27-28)35(47)37(2,3)33(40)12-13-42(34,41)8/h10-11,18,23-24,27,31,33-34H,9,12-17,19-22,25-26H2,1-8H3/b29-23-/t31-,33-,34+,38+,39-,40-,41+,42+/m0/s1. The molecule has 5 aliphatic carbocycles. The first kappa shape index (κ1) is 33.9. The van der Waals surface area contributed by atoms with Crippen molar-refractivity contribution in [3.63, 3.8) is 0 Å². The summed E-state index contributed by atoms with van der Waals surface area (Å²) in [6.45, 7) is 23.0. The van der Waals surface area contributed by atoms with Crippen molar-refractivity contribution in [3.8, 4) is 0 Å². The maximum atomic E-state index is 15.0. The minimum Gasteiger partial charge on any atom is -0.340 e. The zero-order valence-corrected chi connectivity index (χ0v) is 31.0. The molecule has 7 rings (SSSR count). The lowest BCUT2D eigenvalue weighted by Gasteiger charge is -2.70. The highest BCUT2D eigenvalue weighted by molar-refractivity contribution is 6.05. The van der Waals surface area contributed by atoms with Gasteiger partial charge in [-0.05, 0) is 121 Å². The Bertz CT molecular complexity index is 1570. The number of hydrogen-bond acceptors (Lipinski definition) is 5. The Hall–Kier alpha value is -2.60. The Morgan fingerprint density at radius 2 is 1.67 bits per heavy atom. The zero-order chi connectivity index (χ0) is 34.5. The van der Waals surface area contributed by atoms with Crippen LogP contribution < -0.4 is 0 Å². The molecule has 0 bridgehead atoms. The number of amides is 1. The topological polar surface area (TPSA) is 70.6 Å². The molecule has 0 aromatic carbocycles. The highest BCUT2D eigenvalue weighted by atomic mass is 16.2. The molecule has 48 heavy (non-hydrogen) atoms. The van der Waals surface area contributed by atoms with Crippen LogP contribution in [-0.4, -0.2) is 65.0 Å². The third kappa shape index (κ3) is 4.73. The van der Waals surface area contributed by atoms with Crippen LogP contribution in [0.25, 0.3) is 6.08 Å². The third-order valence-electron chi connectivity index (χ3n) is 15.8. The van der Waals surface area contributed by atoms with Crippen molar-refractivity contribution in [1.29, 1.82) is 0 Å². The van der Waals surface area contributed by atoms with Gasteiger partial charge in [-0.2, -0.15) is 0 Å². The second-order valence-corrected chi connectivity index (χ2v) is 18.7. The van der Waals surface area contributed by atoms with Gasteiger partial charge in [0.15, 0.2) is 11.6 Å². The lowest BCUT2D eigenvalue weighted by atomic mass is 9.33. The maximum Gasteiger partial charge on any atom is 0.228 e. The van der Waals surface area contributed by atoms with Crippen molar-refractivity contribution < 1.29 is 14.4 Å². The molecule has 0 unspecified atom stereocenters. The number of ketones is 2. The smallest absolute Gasteiger partial charge is 0.228 e. The summed E-state index contributed by atoms with van der Waals surface area (Å²) < 4.78 is 0. The molecule has 5 fully saturated rings. The molecule has 1 aromatic rings. The number of nitrogens with zero attached hydrogens (tertiary/aromatic N) is 3. The number of aromatic nitrogens is 1. The van der Waals surface area contributed by atoms with Gasteiger partial charge in [-0.1, -0.05) is 67.0 Å². The third-order valence-corrected chi connectivity index (χ3v) is 15.8. The van der Waals surface area contributed by atoms with Crippen molar-refractivity contribution >= 4 is 23.5 Å². The number of carbonyl (C=O) groups is 3. The van der Waals surface area contributed by atoms with Gasteiger partial charge in [0.1, 0.15) is 0 Å². The van der Waals surface area contributed by atoms with E-state index in [4.69, 9.17) is 0 Å². The predicted octanol–water partition coefficient (Wildman–Crippen LogP) is 7.79. The van der Waals surface area contributed by atoms with Gasteiger partial charge in [0.2, 0.25) is 5.91 Å². The highest BCUT2D eigenvalue weighted by Crippen LogP contribution is 2.75. The number of hydrogen-bond donors (Lipinski definition) is 0. The van der Waals surface area contributed by atoms with Crippen LogP contribution in [0.2, 0.25) is 0 Å². The van der Waals surface area contributed by atoms with Crippen LogP contribution in [-0.2, 0) is 14.4 Å². The Morgan fingerprint density at radius 3 is 2.33 bits per heavy atom. The van der Waals surface area contributed by atoms with Gasteiger partial charge in [0.05, 0.1) is 0 Å². The number of allylic oxidation sites excluding steroid dienone is 3. The molecule has 1 saturated heterocycles. The van der Waals surface area contributed by atoms with Gasteiger partial charge in [-0.25, -0.2) is 0 Å². The van der Waals surface area contributed by atoms with Crippen LogP contribution in [0.5, 0.6) is 0 Å². The Kier molecular flexibility index (Phi) is 7.91. The maximum absolute atomic E-state index is 15.0. The molecule has 6 aliphatic rings. The second kappa shape index (κ2) is 11.2. The Balaban J connectivity index is 1.25. The molecule has 0 spiro atoms. The molecule has 2 heterocycles. The van der Waals surface area contributed by atoms with Crippen LogP contribution in [0.3, 0.4) is 0 Å². The zero-order valence-electron chi connectivity index (χ0n) is 31.0. The summed E-state index contributed by atoms with van der Waals surface area (Å²) in [6, 6.07) is 3.92. The van der Waals surface area contributed by atoms with Crippen LogP contribution in [0.15, 0.2) is 41.7 Å². The quantitative estimate of drug-likeness (QED) is 0.312. The molecule has 4 saturated carbocycles. The van der Waals surface area contributed by atoms with Gasteiger partial charge in [-0.15, -0.1) is 0 Å². The molecule has 0 N–H and O–H groups in total. The van der Waals surface area contributed by atoms with E-state index in [0.29, 0.717) is 12.3 Å². The van der Waals surface area contributed by atoms with E-state index in [0.717, 1.165) is 88.8 Å². The van der Waals surface area contributed by atoms with E-state index >= 15 is 0 Å². The molecule has 6 nitrogen and oxygen atoms in total. The fraction of sp³-hybridized carbons (Fsp3) is 0.714. The van der Waals surface area contributed by atoms with Gasteiger partial charge >= 0.3 is 0 Å². The predicted molar refractivity (Wildman–Crippen MR) is 191 cm³/mol. The first-order valence-electron chi connectivity index (χ1n) is 19.0. The number of Topliss-reactive ketones (excluding diaryl/α,β-unsaturated/α-hetero) is 1. The largest absolute Gasteiger partial charge is 0.340 e. The number of piperazine rings is 1. The minimum absolute atomic E-state index is 0.107. The molecule has 0 radical (unpaired) electrons. The van der Waals surface area contributed by atoms with Crippen molar-refractivity contribution in [2.75, 3.05) is 32.7 Å². The van der Waals surface area contributed by atoms with Crippen LogP contribution in [0, 0.1) is 50.2 Å². The molecule has 8 atom stereocenters. The van der Waals surface area contributed by atoms with Gasteiger partial charge < -0.3 is 9.80 Å². The lowest BCUT2D eigenvalue weighted by molar-refractivity contribution is -0.182. The average molecular weight is 654 g/mol. The second-order valence-electron chi connectivity index (χ2n) is 18.7. The van der Waals surface area contributed by atoms with Gasteiger partial charge in [0.25, 0.3) is 0 Å².